The van der Waals surface area contributed by atoms with E-state index in [2.05, 4.69) is 9.97 Å². The molecule has 0 saturated carbocycles. The molecule has 0 unspecified atom stereocenters. The van der Waals surface area contributed by atoms with Gasteiger partial charge in [-0.15, -0.1) is 11.3 Å². The maximum absolute atomic E-state index is 13.5. The largest absolute Gasteiger partial charge is 0.279 e. The molecule has 0 atom stereocenters. The van der Waals surface area contributed by atoms with E-state index in [0.29, 0.717) is 27.9 Å². The molecule has 0 aliphatic heterocycles. The average molecular weight is 378 g/mol. The molecule has 0 fully saturated rings. The van der Waals surface area contributed by atoms with Gasteiger partial charge in [0.15, 0.2) is 9.84 Å². The van der Waals surface area contributed by atoms with E-state index in [1.807, 2.05) is 6.92 Å². The molecule has 0 aliphatic rings. The van der Waals surface area contributed by atoms with Crippen LogP contribution >= 0.6 is 11.3 Å². The normalized spacial score (nSPS) is 11.8. The van der Waals surface area contributed by atoms with E-state index in [9.17, 15) is 17.6 Å². The lowest BCUT2D eigenvalue weighted by molar-refractivity contribution is 0.601. The van der Waals surface area contributed by atoms with Gasteiger partial charge in [0, 0.05) is 16.6 Å². The van der Waals surface area contributed by atoms with Crippen LogP contribution in [-0.2, 0) is 16.3 Å². The van der Waals surface area contributed by atoms with E-state index in [0.717, 1.165) is 24.0 Å². The van der Waals surface area contributed by atoms with Crippen LogP contribution in [0.5, 0.6) is 0 Å². The molecule has 0 amide bonds. The highest BCUT2D eigenvalue weighted by Gasteiger charge is 2.15. The van der Waals surface area contributed by atoms with Crippen LogP contribution in [0.1, 0.15) is 19.0 Å². The smallest absolute Gasteiger partial charge is 0.267 e. The lowest BCUT2D eigenvalue weighted by Crippen LogP contribution is -2.08. The Kier molecular flexibility index (Phi) is 4.66. The van der Waals surface area contributed by atoms with Crippen LogP contribution in [0.2, 0.25) is 0 Å². The van der Waals surface area contributed by atoms with Gasteiger partial charge in [0.25, 0.3) is 5.56 Å². The predicted molar refractivity (Wildman–Crippen MR) is 96.2 cm³/mol. The highest BCUT2D eigenvalue weighted by molar-refractivity contribution is 7.90. The van der Waals surface area contributed by atoms with Crippen molar-refractivity contribution in [1.29, 1.82) is 0 Å². The lowest BCUT2D eigenvalue weighted by Gasteiger charge is -2.07. The number of aromatic nitrogens is 2. The molecule has 2 aromatic heterocycles. The van der Waals surface area contributed by atoms with E-state index in [1.54, 1.807) is 0 Å². The summed E-state index contributed by atoms with van der Waals surface area (Å²) in [5.41, 5.74) is 0.424. The summed E-state index contributed by atoms with van der Waals surface area (Å²) < 4.78 is 37.8. The molecule has 3 aromatic rings. The van der Waals surface area contributed by atoms with Gasteiger partial charge in [-0.25, -0.2) is 12.8 Å². The molecule has 3 rings (SSSR count). The minimum Gasteiger partial charge on any atom is -0.267 e. The molecule has 0 radical (unpaired) electrons. The number of hydrogen-bond donors (Lipinski definition) is 0. The standard InChI is InChI=1S/C17H15FN2O3S2/c1-3-4-11-8-12(25(2,22)23)9-14(19-11)17-20-16(21)13-6-5-10(18)7-15(13)24-17/h5-9H,3-4H2,1-2H3. The van der Waals surface area contributed by atoms with Crippen molar-refractivity contribution in [2.45, 2.75) is 24.7 Å². The first-order valence-corrected chi connectivity index (χ1v) is 10.3. The van der Waals surface area contributed by atoms with Crippen molar-refractivity contribution in [2.75, 3.05) is 6.26 Å². The predicted octanol–water partition coefficient (Wildman–Crippen LogP) is 3.21. The number of benzene rings is 1. The molecule has 8 heteroatoms. The fourth-order valence-electron chi connectivity index (χ4n) is 2.41. The second kappa shape index (κ2) is 6.61. The highest BCUT2D eigenvalue weighted by atomic mass is 32.2. The zero-order valence-electron chi connectivity index (χ0n) is 13.6. The Morgan fingerprint density at radius 2 is 1.92 bits per heavy atom. The van der Waals surface area contributed by atoms with Gasteiger partial charge in [-0.05, 0) is 36.8 Å². The monoisotopic (exact) mass is 378 g/mol. The van der Waals surface area contributed by atoms with Gasteiger partial charge >= 0.3 is 0 Å². The Hall–Kier alpha value is -2.19. The third-order valence-electron chi connectivity index (χ3n) is 3.59. The van der Waals surface area contributed by atoms with Crippen LogP contribution in [-0.4, -0.2) is 24.6 Å². The van der Waals surface area contributed by atoms with E-state index in [-0.39, 0.29) is 9.90 Å². The minimum absolute atomic E-state index is 0.127. The van der Waals surface area contributed by atoms with Crippen molar-refractivity contribution in [3.63, 3.8) is 0 Å². The number of fused-ring (bicyclic) bond motifs is 1. The average Bonchev–Trinajstić information content (AvgIpc) is 2.53. The van der Waals surface area contributed by atoms with Gasteiger partial charge in [0.05, 0.1) is 10.3 Å². The van der Waals surface area contributed by atoms with Crippen molar-refractivity contribution in [3.8, 4) is 10.7 Å². The summed E-state index contributed by atoms with van der Waals surface area (Å²) in [5, 5.41) is 0.592. The molecule has 0 saturated heterocycles. The Bertz CT molecular complexity index is 1120. The molecule has 1 aromatic carbocycles. The van der Waals surface area contributed by atoms with E-state index < -0.39 is 21.2 Å². The van der Waals surface area contributed by atoms with E-state index in [1.165, 1.54) is 30.3 Å². The summed E-state index contributed by atoms with van der Waals surface area (Å²) in [6.07, 6.45) is 2.52. The molecule has 0 aliphatic carbocycles. The SMILES string of the molecule is CCCc1cc(S(C)(=O)=O)cc(-c2nc(=O)c3ccc(F)cc3s2)n1. The maximum atomic E-state index is 13.5. The van der Waals surface area contributed by atoms with E-state index in [4.69, 9.17) is 0 Å². The van der Waals surface area contributed by atoms with Gasteiger partial charge in [-0.3, -0.25) is 9.78 Å². The van der Waals surface area contributed by atoms with Gasteiger partial charge in [0.2, 0.25) is 0 Å². The summed E-state index contributed by atoms with van der Waals surface area (Å²) in [5.74, 6) is -0.454. The number of nitrogens with zero attached hydrogens (tertiary/aromatic N) is 2. The first-order chi connectivity index (χ1) is 11.8. The zero-order valence-corrected chi connectivity index (χ0v) is 15.2. The molecule has 5 nitrogen and oxygen atoms in total. The Morgan fingerprint density at radius 1 is 1.16 bits per heavy atom. The summed E-state index contributed by atoms with van der Waals surface area (Å²) in [4.78, 5) is 20.8. The first kappa shape index (κ1) is 17.6. The number of sulfone groups is 1. The molecule has 0 N–H and O–H groups in total. The maximum Gasteiger partial charge on any atom is 0.279 e. The van der Waals surface area contributed by atoms with Gasteiger partial charge < -0.3 is 0 Å². The summed E-state index contributed by atoms with van der Waals surface area (Å²) in [7, 11) is -3.43. The fraction of sp³-hybridized carbons (Fsp3) is 0.235. The third-order valence-corrected chi connectivity index (χ3v) is 5.73. The Labute approximate surface area is 148 Å². The highest BCUT2D eigenvalue weighted by Crippen LogP contribution is 2.27. The van der Waals surface area contributed by atoms with Crippen LogP contribution in [0.25, 0.3) is 20.8 Å². The topological polar surface area (TPSA) is 77.0 Å². The number of hydrogen-bond acceptors (Lipinski definition) is 6. The Balaban J connectivity index is 2.26. The van der Waals surface area contributed by atoms with Gasteiger partial charge in [-0.1, -0.05) is 13.3 Å². The number of aryl methyl sites for hydroxylation is 1. The fourth-order valence-corrected chi connectivity index (χ4v) is 4.07. The summed E-state index contributed by atoms with van der Waals surface area (Å²) in [6, 6.07) is 6.80. The summed E-state index contributed by atoms with van der Waals surface area (Å²) in [6.45, 7) is 1.96. The second-order valence-corrected chi connectivity index (χ2v) is 8.71. The van der Waals surface area contributed by atoms with Crippen molar-refractivity contribution >= 4 is 31.3 Å². The van der Waals surface area contributed by atoms with Gasteiger partial charge in [0.1, 0.15) is 16.5 Å². The molecule has 2 heterocycles. The first-order valence-electron chi connectivity index (χ1n) is 7.59. The molecule has 0 bridgehead atoms. The van der Waals surface area contributed by atoms with E-state index >= 15 is 0 Å². The minimum atomic E-state index is -3.43. The molecule has 0 spiro atoms. The molecular weight excluding hydrogens is 363 g/mol. The quantitative estimate of drug-likeness (QED) is 0.697. The molecule has 25 heavy (non-hydrogen) atoms. The zero-order chi connectivity index (χ0) is 18.2. The molecule has 130 valence electrons. The van der Waals surface area contributed by atoms with Gasteiger partial charge in [-0.2, -0.15) is 4.98 Å². The lowest BCUT2D eigenvalue weighted by atomic mass is 10.2. The summed E-state index contributed by atoms with van der Waals surface area (Å²) >= 11 is 1.11. The van der Waals surface area contributed by atoms with Crippen LogP contribution in [0.15, 0.2) is 40.0 Å². The Morgan fingerprint density at radius 3 is 2.60 bits per heavy atom. The number of rotatable bonds is 4. The number of pyridine rings is 1. The van der Waals surface area contributed by atoms with Crippen LogP contribution < -0.4 is 5.56 Å². The second-order valence-electron chi connectivity index (χ2n) is 5.67. The number of halogens is 1. The van der Waals surface area contributed by atoms with Crippen molar-refractivity contribution in [2.24, 2.45) is 0 Å². The van der Waals surface area contributed by atoms with Crippen molar-refractivity contribution in [1.82, 2.24) is 9.97 Å². The molecular formula is C17H15FN2O3S2. The van der Waals surface area contributed by atoms with Crippen LogP contribution in [0.4, 0.5) is 4.39 Å². The van der Waals surface area contributed by atoms with Crippen LogP contribution in [0, 0.1) is 5.82 Å². The van der Waals surface area contributed by atoms with Crippen molar-refractivity contribution in [3.05, 3.63) is 52.2 Å². The third kappa shape index (κ3) is 3.74. The van der Waals surface area contributed by atoms with Crippen LogP contribution in [0.3, 0.4) is 0 Å². The van der Waals surface area contributed by atoms with Crippen molar-refractivity contribution < 1.29 is 12.8 Å².